The zero-order chi connectivity index (χ0) is 14.7. The molecule has 3 rings (SSSR count). The minimum atomic E-state index is -0.216. The largest absolute Gasteiger partial charge is 0.359 e. The van der Waals surface area contributed by atoms with Gasteiger partial charge in [0.1, 0.15) is 5.82 Å². The summed E-state index contributed by atoms with van der Waals surface area (Å²) in [6, 6.07) is 7.16. The molecule has 1 aliphatic carbocycles. The molecule has 1 aromatic carbocycles. The Balaban J connectivity index is 0.00000176. The fraction of sp³-hybridized carbons (Fsp3) is 0.467. The molecular formula is C15H20ClFN4O. The van der Waals surface area contributed by atoms with E-state index >= 15 is 0 Å². The van der Waals surface area contributed by atoms with Crippen molar-refractivity contribution in [1.29, 1.82) is 0 Å². The molecule has 0 bridgehead atoms. The van der Waals surface area contributed by atoms with Crippen molar-refractivity contribution in [2.45, 2.75) is 44.8 Å². The van der Waals surface area contributed by atoms with Gasteiger partial charge in [-0.3, -0.25) is 0 Å². The lowest BCUT2D eigenvalue weighted by Crippen LogP contribution is -2.33. The summed E-state index contributed by atoms with van der Waals surface area (Å²) in [5.74, 6) is 0.738. The summed E-state index contributed by atoms with van der Waals surface area (Å²) >= 11 is 0. The quantitative estimate of drug-likeness (QED) is 0.914. The summed E-state index contributed by atoms with van der Waals surface area (Å²) in [4.78, 5) is 6.28. The number of benzene rings is 1. The predicted molar refractivity (Wildman–Crippen MR) is 84.3 cm³/mol. The molecule has 1 saturated carbocycles. The maximum absolute atomic E-state index is 14.1. The first-order chi connectivity index (χ1) is 10.3. The zero-order valence-electron chi connectivity index (χ0n) is 12.2. The highest BCUT2D eigenvalue weighted by molar-refractivity contribution is 5.85. The SMILES string of the molecule is Cl.NCc1nc(CN(c2ccccc2F)C2CCCC2)no1. The third-order valence-corrected chi connectivity index (χ3v) is 3.92. The van der Waals surface area contributed by atoms with E-state index in [0.29, 0.717) is 30.0 Å². The lowest BCUT2D eigenvalue weighted by atomic mass is 10.1. The maximum Gasteiger partial charge on any atom is 0.240 e. The van der Waals surface area contributed by atoms with E-state index in [1.165, 1.54) is 18.9 Å². The van der Waals surface area contributed by atoms with E-state index < -0.39 is 0 Å². The van der Waals surface area contributed by atoms with Gasteiger partial charge in [0.05, 0.1) is 18.8 Å². The van der Waals surface area contributed by atoms with Crippen LogP contribution < -0.4 is 10.6 Å². The van der Waals surface area contributed by atoms with Crippen LogP contribution in [0.25, 0.3) is 0 Å². The maximum atomic E-state index is 14.1. The molecule has 5 nitrogen and oxygen atoms in total. The van der Waals surface area contributed by atoms with Gasteiger partial charge in [-0.15, -0.1) is 12.4 Å². The van der Waals surface area contributed by atoms with Crippen molar-refractivity contribution >= 4 is 18.1 Å². The number of rotatable bonds is 5. The normalized spacial score (nSPS) is 14.8. The van der Waals surface area contributed by atoms with E-state index in [1.54, 1.807) is 12.1 Å². The molecule has 1 aromatic heterocycles. The number of nitrogens with two attached hydrogens (primary N) is 1. The van der Waals surface area contributed by atoms with Gasteiger partial charge in [0.25, 0.3) is 0 Å². The molecule has 22 heavy (non-hydrogen) atoms. The van der Waals surface area contributed by atoms with Gasteiger partial charge in [-0.05, 0) is 25.0 Å². The summed E-state index contributed by atoms with van der Waals surface area (Å²) < 4.78 is 19.2. The Hall–Kier alpha value is -1.66. The Morgan fingerprint density at radius 1 is 1.27 bits per heavy atom. The van der Waals surface area contributed by atoms with E-state index in [1.807, 2.05) is 11.0 Å². The van der Waals surface area contributed by atoms with Crippen LogP contribution in [-0.2, 0) is 13.1 Å². The number of hydrogen-bond donors (Lipinski definition) is 1. The van der Waals surface area contributed by atoms with Crippen LogP contribution in [0, 0.1) is 5.82 Å². The van der Waals surface area contributed by atoms with Crippen molar-refractivity contribution in [2.75, 3.05) is 4.90 Å². The highest BCUT2D eigenvalue weighted by Crippen LogP contribution is 2.30. The lowest BCUT2D eigenvalue weighted by Gasteiger charge is -2.30. The molecule has 1 fully saturated rings. The Morgan fingerprint density at radius 2 is 2.00 bits per heavy atom. The van der Waals surface area contributed by atoms with Crippen molar-refractivity contribution in [3.05, 3.63) is 41.8 Å². The smallest absolute Gasteiger partial charge is 0.240 e. The topological polar surface area (TPSA) is 68.2 Å². The molecule has 0 unspecified atom stereocenters. The van der Waals surface area contributed by atoms with Crippen LogP contribution in [0.4, 0.5) is 10.1 Å². The third-order valence-electron chi connectivity index (χ3n) is 3.92. The number of anilines is 1. The Morgan fingerprint density at radius 3 is 2.64 bits per heavy atom. The highest BCUT2D eigenvalue weighted by atomic mass is 35.5. The van der Waals surface area contributed by atoms with Crippen molar-refractivity contribution < 1.29 is 8.91 Å². The second-order valence-electron chi connectivity index (χ2n) is 5.33. The molecule has 7 heteroatoms. The molecular weight excluding hydrogens is 307 g/mol. The van der Waals surface area contributed by atoms with Crippen LogP contribution in [0.3, 0.4) is 0 Å². The molecule has 2 aromatic rings. The van der Waals surface area contributed by atoms with E-state index in [0.717, 1.165) is 12.8 Å². The van der Waals surface area contributed by atoms with Crippen molar-refractivity contribution in [1.82, 2.24) is 10.1 Å². The van der Waals surface area contributed by atoms with Gasteiger partial charge in [-0.2, -0.15) is 4.98 Å². The van der Waals surface area contributed by atoms with Crippen LogP contribution in [0.15, 0.2) is 28.8 Å². The number of halogens is 2. The molecule has 0 radical (unpaired) electrons. The molecule has 0 aliphatic heterocycles. The fourth-order valence-corrected chi connectivity index (χ4v) is 2.90. The summed E-state index contributed by atoms with van der Waals surface area (Å²) in [5, 5.41) is 3.92. The van der Waals surface area contributed by atoms with Gasteiger partial charge in [-0.25, -0.2) is 4.39 Å². The first-order valence-corrected chi connectivity index (χ1v) is 7.30. The van der Waals surface area contributed by atoms with Gasteiger partial charge >= 0.3 is 0 Å². The summed E-state index contributed by atoms with van der Waals surface area (Å²) in [6.45, 7) is 0.658. The Labute approximate surface area is 135 Å². The van der Waals surface area contributed by atoms with Gasteiger partial charge in [0.15, 0.2) is 5.82 Å². The van der Waals surface area contributed by atoms with Crippen LogP contribution in [0.1, 0.15) is 37.4 Å². The van der Waals surface area contributed by atoms with E-state index in [2.05, 4.69) is 10.1 Å². The molecule has 1 aliphatic rings. The average molecular weight is 327 g/mol. The van der Waals surface area contributed by atoms with Gasteiger partial charge in [0, 0.05) is 6.04 Å². The van der Waals surface area contributed by atoms with Gasteiger partial charge < -0.3 is 15.2 Å². The first-order valence-electron chi connectivity index (χ1n) is 7.30. The lowest BCUT2D eigenvalue weighted by molar-refractivity contribution is 0.373. The number of aromatic nitrogens is 2. The minimum absolute atomic E-state index is 0. The van der Waals surface area contributed by atoms with E-state index in [9.17, 15) is 4.39 Å². The number of nitrogens with zero attached hydrogens (tertiary/aromatic N) is 3. The van der Waals surface area contributed by atoms with Crippen LogP contribution in [0.2, 0.25) is 0 Å². The fourth-order valence-electron chi connectivity index (χ4n) is 2.90. The zero-order valence-corrected chi connectivity index (χ0v) is 13.1. The minimum Gasteiger partial charge on any atom is -0.359 e. The molecule has 0 atom stereocenters. The second-order valence-corrected chi connectivity index (χ2v) is 5.33. The molecule has 0 spiro atoms. The van der Waals surface area contributed by atoms with Crippen molar-refractivity contribution in [3.63, 3.8) is 0 Å². The van der Waals surface area contributed by atoms with Crippen molar-refractivity contribution in [3.8, 4) is 0 Å². The molecule has 1 heterocycles. The standard InChI is InChI=1S/C15H19FN4O.ClH/c16-12-7-3-4-8-13(12)20(11-5-1-2-6-11)10-14-18-15(9-17)21-19-14;/h3-4,7-8,11H,1-2,5-6,9-10,17H2;1H. The second kappa shape index (κ2) is 7.56. The van der Waals surface area contributed by atoms with Crippen LogP contribution in [0.5, 0.6) is 0 Å². The highest BCUT2D eigenvalue weighted by Gasteiger charge is 2.26. The Bertz CT molecular complexity index is 601. The van der Waals surface area contributed by atoms with E-state index in [-0.39, 0.29) is 24.8 Å². The first kappa shape index (κ1) is 16.7. The third kappa shape index (κ3) is 3.56. The van der Waals surface area contributed by atoms with E-state index in [4.69, 9.17) is 10.3 Å². The molecule has 2 N–H and O–H groups in total. The van der Waals surface area contributed by atoms with Gasteiger partial charge in [-0.1, -0.05) is 30.1 Å². The Kier molecular flexibility index (Phi) is 5.74. The molecule has 0 amide bonds. The summed E-state index contributed by atoms with van der Waals surface area (Å²) in [5.41, 5.74) is 6.08. The monoisotopic (exact) mass is 326 g/mol. The van der Waals surface area contributed by atoms with Gasteiger partial charge in [0.2, 0.25) is 5.89 Å². The number of hydrogen-bond acceptors (Lipinski definition) is 5. The summed E-state index contributed by atoms with van der Waals surface area (Å²) in [7, 11) is 0. The molecule has 120 valence electrons. The molecule has 0 saturated heterocycles. The van der Waals surface area contributed by atoms with Crippen molar-refractivity contribution in [2.24, 2.45) is 5.73 Å². The van der Waals surface area contributed by atoms with Crippen LogP contribution >= 0.6 is 12.4 Å². The number of para-hydroxylation sites is 1. The predicted octanol–water partition coefficient (Wildman–Crippen LogP) is 3.04. The average Bonchev–Trinajstić information content (AvgIpc) is 3.17. The summed E-state index contributed by atoms with van der Waals surface area (Å²) in [6.07, 6.45) is 4.48. The van der Waals surface area contributed by atoms with Crippen LogP contribution in [-0.4, -0.2) is 16.2 Å².